The minimum absolute atomic E-state index is 0.113. The van der Waals surface area contributed by atoms with Crippen molar-refractivity contribution in [3.8, 4) is 0 Å². The van der Waals surface area contributed by atoms with Crippen molar-refractivity contribution in [1.29, 1.82) is 0 Å². The largest absolute Gasteiger partial charge is 0.370 e. The highest BCUT2D eigenvalue weighted by Crippen LogP contribution is 2.19. The van der Waals surface area contributed by atoms with Crippen molar-refractivity contribution in [2.75, 3.05) is 0 Å². The molecular formula is C24H28N6O4. The Morgan fingerprint density at radius 2 is 1.47 bits per heavy atom. The number of carbonyl (C=O) groups excluding carboxylic acids is 4. The van der Waals surface area contributed by atoms with Crippen molar-refractivity contribution >= 4 is 34.5 Å². The maximum absolute atomic E-state index is 13.2. The van der Waals surface area contributed by atoms with Gasteiger partial charge in [0.25, 0.3) is 0 Å². The summed E-state index contributed by atoms with van der Waals surface area (Å²) in [4.78, 5) is 52.1. The maximum Gasteiger partial charge on any atom is 0.243 e. The molecule has 10 nitrogen and oxygen atoms in total. The zero-order chi connectivity index (χ0) is 24.7. The summed E-state index contributed by atoms with van der Waals surface area (Å²) in [5.41, 5.74) is 18.9. The van der Waals surface area contributed by atoms with Crippen LogP contribution in [0.4, 0.5) is 0 Å². The Morgan fingerprint density at radius 1 is 0.824 bits per heavy atom. The number of nitrogens with one attached hydrogen (secondary N) is 3. The molecule has 0 aliphatic heterocycles. The highest BCUT2D eigenvalue weighted by atomic mass is 16.2. The second-order valence-corrected chi connectivity index (χ2v) is 8.05. The quantitative estimate of drug-likeness (QED) is 0.225. The van der Waals surface area contributed by atoms with E-state index in [0.29, 0.717) is 0 Å². The van der Waals surface area contributed by atoms with Crippen LogP contribution in [0.5, 0.6) is 0 Å². The van der Waals surface area contributed by atoms with E-state index >= 15 is 0 Å². The Kier molecular flexibility index (Phi) is 7.99. The Bertz CT molecular complexity index is 1180. The summed E-state index contributed by atoms with van der Waals surface area (Å²) in [6, 6.07) is 13.3. The molecule has 0 aliphatic carbocycles. The Balaban J connectivity index is 1.81. The molecule has 0 fully saturated rings. The molecule has 3 rings (SSSR count). The van der Waals surface area contributed by atoms with Gasteiger partial charge in [-0.2, -0.15) is 0 Å². The summed E-state index contributed by atoms with van der Waals surface area (Å²) in [5, 5.41) is 6.10. The fourth-order valence-electron chi connectivity index (χ4n) is 3.66. The number of H-pyrrole nitrogens is 1. The highest BCUT2D eigenvalue weighted by molar-refractivity contribution is 5.94. The van der Waals surface area contributed by atoms with Crippen LogP contribution in [0.15, 0.2) is 60.8 Å². The summed E-state index contributed by atoms with van der Waals surface area (Å²) < 4.78 is 0. The first kappa shape index (κ1) is 24.5. The molecule has 10 heteroatoms. The van der Waals surface area contributed by atoms with E-state index in [-0.39, 0.29) is 19.3 Å². The molecule has 0 saturated carbocycles. The van der Waals surface area contributed by atoms with Crippen LogP contribution in [0.25, 0.3) is 10.9 Å². The molecule has 178 valence electrons. The van der Waals surface area contributed by atoms with Crippen molar-refractivity contribution in [3.63, 3.8) is 0 Å². The molecule has 4 amide bonds. The summed E-state index contributed by atoms with van der Waals surface area (Å²) in [5.74, 6) is -2.76. The van der Waals surface area contributed by atoms with Crippen LogP contribution in [0.2, 0.25) is 0 Å². The lowest BCUT2D eigenvalue weighted by atomic mass is 10.0. The zero-order valence-corrected chi connectivity index (χ0v) is 18.5. The Labute approximate surface area is 196 Å². The first-order valence-electron chi connectivity index (χ1n) is 10.8. The molecule has 2 aromatic carbocycles. The predicted octanol–water partition coefficient (Wildman–Crippen LogP) is -0.389. The predicted molar refractivity (Wildman–Crippen MR) is 127 cm³/mol. The number of aromatic nitrogens is 1. The fourth-order valence-corrected chi connectivity index (χ4v) is 3.66. The van der Waals surface area contributed by atoms with Gasteiger partial charge in [-0.3, -0.25) is 19.2 Å². The van der Waals surface area contributed by atoms with Crippen LogP contribution < -0.4 is 27.8 Å². The van der Waals surface area contributed by atoms with Crippen molar-refractivity contribution in [2.45, 2.75) is 37.4 Å². The molecule has 0 aliphatic rings. The van der Waals surface area contributed by atoms with E-state index < -0.39 is 41.8 Å². The van der Waals surface area contributed by atoms with E-state index in [1.165, 1.54) is 0 Å². The average Bonchev–Trinajstić information content (AvgIpc) is 3.21. The molecule has 1 aromatic heterocycles. The fraction of sp³-hybridized carbons (Fsp3) is 0.250. The number of primary amides is 2. The van der Waals surface area contributed by atoms with Gasteiger partial charge in [-0.1, -0.05) is 48.5 Å². The third-order valence-corrected chi connectivity index (χ3v) is 5.43. The van der Waals surface area contributed by atoms with Crippen LogP contribution in [0.1, 0.15) is 17.5 Å². The Hall–Kier alpha value is -4.18. The molecule has 34 heavy (non-hydrogen) atoms. The summed E-state index contributed by atoms with van der Waals surface area (Å²) in [6.45, 7) is 0. The lowest BCUT2D eigenvalue weighted by Crippen LogP contribution is -2.56. The van der Waals surface area contributed by atoms with Gasteiger partial charge < -0.3 is 32.8 Å². The molecular weight excluding hydrogens is 436 g/mol. The van der Waals surface area contributed by atoms with Gasteiger partial charge in [0.05, 0.1) is 12.5 Å². The third-order valence-electron chi connectivity index (χ3n) is 5.43. The highest BCUT2D eigenvalue weighted by Gasteiger charge is 2.28. The van der Waals surface area contributed by atoms with Gasteiger partial charge in [0, 0.05) is 29.9 Å². The molecule has 1 heterocycles. The van der Waals surface area contributed by atoms with E-state index in [1.807, 2.05) is 54.6 Å². The molecule has 3 aromatic rings. The van der Waals surface area contributed by atoms with Gasteiger partial charge in [0.2, 0.25) is 23.6 Å². The van der Waals surface area contributed by atoms with E-state index in [9.17, 15) is 19.2 Å². The summed E-state index contributed by atoms with van der Waals surface area (Å²) >= 11 is 0. The minimum Gasteiger partial charge on any atom is -0.370 e. The monoisotopic (exact) mass is 464 g/mol. The number of rotatable bonds is 11. The van der Waals surface area contributed by atoms with E-state index in [4.69, 9.17) is 17.2 Å². The number of amides is 4. The number of nitrogens with two attached hydrogens (primary N) is 3. The first-order valence-corrected chi connectivity index (χ1v) is 10.8. The number of carbonyl (C=O) groups is 4. The smallest absolute Gasteiger partial charge is 0.243 e. The lowest BCUT2D eigenvalue weighted by Gasteiger charge is -2.23. The maximum atomic E-state index is 13.2. The van der Waals surface area contributed by atoms with Gasteiger partial charge in [-0.15, -0.1) is 0 Å². The summed E-state index contributed by atoms with van der Waals surface area (Å²) in [7, 11) is 0. The number of fused-ring (bicyclic) bond motifs is 1. The molecule has 9 N–H and O–H groups in total. The van der Waals surface area contributed by atoms with E-state index in [2.05, 4.69) is 15.6 Å². The standard InChI is InChI=1S/C24H28N6O4/c25-17(12-21(26)31)23(33)30-20(11-15-13-28-18-9-5-4-8-16(15)18)24(34)29-19(22(27)32)10-14-6-2-1-3-7-14/h1-9,13,17,19-20,28H,10-12,25H2,(H2,26,31)(H2,27,32)(H,29,34)(H,30,33)/t17?,19-,20+/m0/s1. The summed E-state index contributed by atoms with van der Waals surface area (Å²) in [6.07, 6.45) is 1.68. The molecule has 1 unspecified atom stereocenters. The molecule has 3 atom stereocenters. The SMILES string of the molecule is NC(=O)CC(N)C(=O)N[C@H](Cc1c[nH]c2ccccc12)C(=O)N[C@@H](Cc1ccccc1)C(N)=O. The third kappa shape index (κ3) is 6.42. The van der Waals surface area contributed by atoms with Gasteiger partial charge in [0.1, 0.15) is 12.1 Å². The second-order valence-electron chi connectivity index (χ2n) is 8.05. The Morgan fingerprint density at radius 3 is 2.15 bits per heavy atom. The average molecular weight is 465 g/mol. The van der Waals surface area contributed by atoms with Crippen LogP contribution in [-0.4, -0.2) is 46.7 Å². The molecule has 0 radical (unpaired) electrons. The minimum atomic E-state index is -1.22. The van der Waals surface area contributed by atoms with Crippen molar-refractivity contribution in [1.82, 2.24) is 15.6 Å². The number of hydrogen-bond acceptors (Lipinski definition) is 5. The van der Waals surface area contributed by atoms with E-state index in [0.717, 1.165) is 22.0 Å². The first-order chi connectivity index (χ1) is 16.2. The molecule has 0 spiro atoms. The van der Waals surface area contributed by atoms with Gasteiger partial charge in [0.15, 0.2) is 0 Å². The number of hydrogen-bond donors (Lipinski definition) is 6. The van der Waals surface area contributed by atoms with Crippen LogP contribution in [-0.2, 0) is 32.0 Å². The van der Waals surface area contributed by atoms with Crippen molar-refractivity contribution in [3.05, 3.63) is 71.9 Å². The lowest BCUT2D eigenvalue weighted by molar-refractivity contribution is -0.132. The van der Waals surface area contributed by atoms with Crippen LogP contribution in [0, 0.1) is 0 Å². The van der Waals surface area contributed by atoms with Crippen molar-refractivity contribution in [2.24, 2.45) is 17.2 Å². The normalized spacial score (nSPS) is 13.6. The molecule has 0 saturated heterocycles. The van der Waals surface area contributed by atoms with Gasteiger partial charge >= 0.3 is 0 Å². The number of para-hydroxylation sites is 1. The van der Waals surface area contributed by atoms with Crippen LogP contribution in [0.3, 0.4) is 0 Å². The number of benzene rings is 2. The number of aromatic amines is 1. The van der Waals surface area contributed by atoms with E-state index in [1.54, 1.807) is 6.20 Å². The molecule has 0 bridgehead atoms. The topological polar surface area (TPSA) is 186 Å². The van der Waals surface area contributed by atoms with Gasteiger partial charge in [-0.25, -0.2) is 0 Å². The van der Waals surface area contributed by atoms with Crippen molar-refractivity contribution < 1.29 is 19.2 Å². The van der Waals surface area contributed by atoms with Gasteiger partial charge in [-0.05, 0) is 17.2 Å². The van der Waals surface area contributed by atoms with Crippen LogP contribution >= 0.6 is 0 Å². The second kappa shape index (κ2) is 11.1. The zero-order valence-electron chi connectivity index (χ0n) is 18.5.